The van der Waals surface area contributed by atoms with Crippen LogP contribution in [0.15, 0.2) is 85.1 Å². The molecule has 4 rings (SSSR count). The standard InChI is InChI=1S/C24H18N2O2/c25-15-20-14-22(27-16-18-8-3-1-4-9-18)24(23-21(20)12-7-13-26-23)28-17-19-10-5-2-6-11-19/h1-14H,16-17H2. The highest BCUT2D eigenvalue weighted by Gasteiger charge is 2.16. The highest BCUT2D eigenvalue weighted by Crippen LogP contribution is 2.37. The zero-order valence-corrected chi connectivity index (χ0v) is 15.2. The number of pyridine rings is 1. The molecule has 0 amide bonds. The maximum Gasteiger partial charge on any atom is 0.188 e. The Balaban J connectivity index is 1.72. The van der Waals surface area contributed by atoms with Crippen molar-refractivity contribution in [3.05, 3.63) is 102 Å². The number of nitriles is 1. The highest BCUT2D eigenvalue weighted by atomic mass is 16.5. The van der Waals surface area contributed by atoms with Crippen LogP contribution in [0.25, 0.3) is 10.9 Å². The van der Waals surface area contributed by atoms with Crippen LogP contribution in [0.3, 0.4) is 0 Å². The largest absolute Gasteiger partial charge is 0.485 e. The molecule has 0 fully saturated rings. The normalized spacial score (nSPS) is 10.4. The van der Waals surface area contributed by atoms with Crippen molar-refractivity contribution in [2.45, 2.75) is 13.2 Å². The van der Waals surface area contributed by atoms with Gasteiger partial charge in [0.2, 0.25) is 0 Å². The van der Waals surface area contributed by atoms with Gasteiger partial charge in [0.25, 0.3) is 0 Å². The smallest absolute Gasteiger partial charge is 0.188 e. The lowest BCUT2D eigenvalue weighted by Gasteiger charge is -2.16. The molecule has 0 N–H and O–H groups in total. The van der Waals surface area contributed by atoms with E-state index in [1.165, 1.54) is 0 Å². The zero-order valence-electron chi connectivity index (χ0n) is 15.2. The van der Waals surface area contributed by atoms with Gasteiger partial charge in [0.15, 0.2) is 11.5 Å². The average Bonchev–Trinajstić information content (AvgIpc) is 2.77. The topological polar surface area (TPSA) is 55.1 Å². The van der Waals surface area contributed by atoms with Crippen molar-refractivity contribution in [3.8, 4) is 17.6 Å². The Morgan fingerprint density at radius 2 is 1.43 bits per heavy atom. The Kier molecular flexibility index (Phi) is 5.17. The van der Waals surface area contributed by atoms with Gasteiger partial charge in [0, 0.05) is 17.6 Å². The number of ether oxygens (including phenoxy) is 2. The summed E-state index contributed by atoms with van der Waals surface area (Å²) in [5, 5.41) is 10.3. The lowest BCUT2D eigenvalue weighted by atomic mass is 10.1. The van der Waals surface area contributed by atoms with Crippen LogP contribution >= 0.6 is 0 Å². The predicted octanol–water partition coefficient (Wildman–Crippen LogP) is 5.26. The first-order valence-corrected chi connectivity index (χ1v) is 9.00. The van der Waals surface area contributed by atoms with Crippen LogP contribution in [-0.2, 0) is 13.2 Å². The molecule has 0 radical (unpaired) electrons. The molecule has 0 aliphatic heterocycles. The Morgan fingerprint density at radius 3 is 2.07 bits per heavy atom. The van der Waals surface area contributed by atoms with Crippen LogP contribution < -0.4 is 9.47 Å². The van der Waals surface area contributed by atoms with E-state index in [0.717, 1.165) is 16.5 Å². The zero-order chi connectivity index (χ0) is 19.2. The van der Waals surface area contributed by atoms with Crippen molar-refractivity contribution in [2.75, 3.05) is 0 Å². The molecule has 4 nitrogen and oxygen atoms in total. The van der Waals surface area contributed by atoms with E-state index in [9.17, 15) is 5.26 Å². The number of nitrogens with zero attached hydrogens (tertiary/aromatic N) is 2. The second kappa shape index (κ2) is 8.24. The lowest BCUT2D eigenvalue weighted by Crippen LogP contribution is -2.03. The summed E-state index contributed by atoms with van der Waals surface area (Å²) in [6.07, 6.45) is 1.69. The molecule has 4 heteroatoms. The third-order valence-electron chi connectivity index (χ3n) is 4.40. The molecule has 136 valence electrons. The second-order valence-corrected chi connectivity index (χ2v) is 6.31. The van der Waals surface area contributed by atoms with Gasteiger partial charge in [-0.3, -0.25) is 4.98 Å². The van der Waals surface area contributed by atoms with E-state index >= 15 is 0 Å². The van der Waals surface area contributed by atoms with Gasteiger partial charge in [-0.1, -0.05) is 60.7 Å². The van der Waals surface area contributed by atoms with Gasteiger partial charge >= 0.3 is 0 Å². The highest BCUT2D eigenvalue weighted by molar-refractivity contribution is 5.92. The quantitative estimate of drug-likeness (QED) is 0.467. The van der Waals surface area contributed by atoms with Crippen LogP contribution in [-0.4, -0.2) is 4.98 Å². The summed E-state index contributed by atoms with van der Waals surface area (Å²) in [6, 6.07) is 27.5. The minimum Gasteiger partial charge on any atom is -0.485 e. The first-order chi connectivity index (χ1) is 13.8. The van der Waals surface area contributed by atoms with Crippen molar-refractivity contribution in [3.63, 3.8) is 0 Å². The fourth-order valence-electron chi connectivity index (χ4n) is 3.00. The van der Waals surface area contributed by atoms with E-state index in [1.807, 2.05) is 72.8 Å². The molecule has 0 atom stereocenters. The van der Waals surface area contributed by atoms with E-state index in [1.54, 1.807) is 12.3 Å². The van der Waals surface area contributed by atoms with Crippen LogP contribution in [0.2, 0.25) is 0 Å². The molecular formula is C24H18N2O2. The molecule has 0 saturated carbocycles. The molecule has 0 unspecified atom stereocenters. The third-order valence-corrected chi connectivity index (χ3v) is 4.40. The molecule has 28 heavy (non-hydrogen) atoms. The number of hydrogen-bond acceptors (Lipinski definition) is 4. The van der Waals surface area contributed by atoms with Gasteiger partial charge in [-0.2, -0.15) is 5.26 Å². The van der Waals surface area contributed by atoms with E-state index in [2.05, 4.69) is 11.1 Å². The molecule has 1 aromatic heterocycles. The number of aromatic nitrogens is 1. The fourth-order valence-corrected chi connectivity index (χ4v) is 3.00. The van der Waals surface area contributed by atoms with E-state index in [-0.39, 0.29) is 0 Å². The summed E-state index contributed by atoms with van der Waals surface area (Å²) in [4.78, 5) is 4.46. The van der Waals surface area contributed by atoms with E-state index in [0.29, 0.717) is 35.8 Å². The van der Waals surface area contributed by atoms with Gasteiger partial charge in [-0.05, 0) is 23.3 Å². The van der Waals surface area contributed by atoms with E-state index < -0.39 is 0 Å². The summed E-state index contributed by atoms with van der Waals surface area (Å²) < 4.78 is 12.2. The van der Waals surface area contributed by atoms with Gasteiger partial charge < -0.3 is 9.47 Å². The molecular weight excluding hydrogens is 348 g/mol. The number of benzene rings is 3. The SMILES string of the molecule is N#Cc1cc(OCc2ccccc2)c(OCc2ccccc2)c2ncccc12. The Bertz CT molecular complexity index is 1120. The Morgan fingerprint density at radius 1 is 0.786 bits per heavy atom. The fraction of sp³-hybridized carbons (Fsp3) is 0.0833. The first-order valence-electron chi connectivity index (χ1n) is 9.00. The molecule has 0 saturated heterocycles. The van der Waals surface area contributed by atoms with E-state index in [4.69, 9.17) is 9.47 Å². The maximum atomic E-state index is 9.57. The summed E-state index contributed by atoms with van der Waals surface area (Å²) in [5.74, 6) is 1.07. The van der Waals surface area contributed by atoms with Gasteiger partial charge in [-0.25, -0.2) is 0 Å². The van der Waals surface area contributed by atoms with Crippen molar-refractivity contribution < 1.29 is 9.47 Å². The second-order valence-electron chi connectivity index (χ2n) is 6.31. The van der Waals surface area contributed by atoms with Crippen molar-refractivity contribution in [2.24, 2.45) is 0 Å². The summed E-state index contributed by atoms with van der Waals surface area (Å²) in [7, 11) is 0. The average molecular weight is 366 g/mol. The van der Waals surface area contributed by atoms with Crippen LogP contribution in [0.1, 0.15) is 16.7 Å². The van der Waals surface area contributed by atoms with Crippen molar-refractivity contribution in [1.82, 2.24) is 4.98 Å². The summed E-state index contributed by atoms with van der Waals surface area (Å²) in [6.45, 7) is 0.770. The molecule has 0 spiro atoms. The van der Waals surface area contributed by atoms with Gasteiger partial charge in [0.1, 0.15) is 18.7 Å². The van der Waals surface area contributed by atoms with Crippen molar-refractivity contribution in [1.29, 1.82) is 5.26 Å². The Labute approximate surface area is 163 Å². The molecule has 4 aromatic rings. The lowest BCUT2D eigenvalue weighted by molar-refractivity contribution is 0.258. The number of rotatable bonds is 6. The third kappa shape index (κ3) is 3.79. The van der Waals surface area contributed by atoms with Gasteiger partial charge in [0.05, 0.1) is 11.6 Å². The molecule has 0 aliphatic carbocycles. The summed E-state index contributed by atoms with van der Waals surface area (Å²) >= 11 is 0. The van der Waals surface area contributed by atoms with Crippen molar-refractivity contribution >= 4 is 10.9 Å². The first kappa shape index (κ1) is 17.6. The number of hydrogen-bond donors (Lipinski definition) is 0. The predicted molar refractivity (Wildman–Crippen MR) is 108 cm³/mol. The summed E-state index contributed by atoms with van der Waals surface area (Å²) in [5.41, 5.74) is 3.22. The minimum absolute atomic E-state index is 0.381. The van der Waals surface area contributed by atoms with Crippen LogP contribution in [0.5, 0.6) is 11.5 Å². The minimum atomic E-state index is 0.381. The monoisotopic (exact) mass is 366 g/mol. The van der Waals surface area contributed by atoms with Crippen LogP contribution in [0.4, 0.5) is 0 Å². The molecule has 3 aromatic carbocycles. The molecule has 0 bridgehead atoms. The molecule has 1 heterocycles. The van der Waals surface area contributed by atoms with Gasteiger partial charge in [-0.15, -0.1) is 0 Å². The molecule has 0 aliphatic rings. The number of fused-ring (bicyclic) bond motifs is 1. The Hall–Kier alpha value is -3.84. The maximum absolute atomic E-state index is 9.57. The van der Waals surface area contributed by atoms with Crippen LogP contribution in [0, 0.1) is 11.3 Å².